The molecule has 0 aliphatic heterocycles. The van der Waals surface area contributed by atoms with Crippen LogP contribution in [0.25, 0.3) is 11.7 Å². The van der Waals surface area contributed by atoms with E-state index in [-0.39, 0.29) is 23.6 Å². The van der Waals surface area contributed by atoms with E-state index in [4.69, 9.17) is 4.74 Å². The highest BCUT2D eigenvalue weighted by Crippen LogP contribution is 2.27. The Morgan fingerprint density at radius 2 is 2.13 bits per heavy atom. The van der Waals surface area contributed by atoms with E-state index in [2.05, 4.69) is 16.9 Å². The number of hydrogen-bond donors (Lipinski definition) is 1. The smallest absolute Gasteiger partial charge is 0.269 e. The zero-order chi connectivity index (χ0) is 21.7. The second-order valence-corrected chi connectivity index (χ2v) is 6.60. The summed E-state index contributed by atoms with van der Waals surface area (Å²) < 4.78 is 7.29. The average Bonchev–Trinajstić information content (AvgIpc) is 2.74. The number of rotatable bonds is 6. The second-order valence-electron chi connectivity index (χ2n) is 6.60. The minimum Gasteiger partial charge on any atom is -0.438 e. The van der Waals surface area contributed by atoms with Crippen LogP contribution in [0.15, 0.2) is 65.6 Å². The number of aryl methyl sites for hydroxylation is 2. The highest BCUT2D eigenvalue weighted by Gasteiger charge is 2.17. The first-order chi connectivity index (χ1) is 14.4. The number of ether oxygens (including phenoxy) is 1. The molecule has 1 N–H and O–H groups in total. The van der Waals surface area contributed by atoms with Gasteiger partial charge in [-0.2, -0.15) is 10.2 Å². The van der Waals surface area contributed by atoms with Crippen molar-refractivity contribution >= 4 is 17.6 Å². The molecule has 1 amide bonds. The van der Waals surface area contributed by atoms with Crippen LogP contribution in [0.4, 0.5) is 0 Å². The average molecular weight is 400 g/mol. The molecule has 30 heavy (non-hydrogen) atoms. The lowest BCUT2D eigenvalue weighted by Gasteiger charge is -2.12. The predicted octanol–water partition coefficient (Wildman–Crippen LogP) is 3.31. The standard InChI is InChI=1S/C23H20N4O3/c1-4-10-25-21(28)17(14-24)13-18-22(30-19-9-8-15(2)12-16(19)3)26-20-7-5-6-11-27(20)23(18)29/h4-9,11-13H,1,10H2,2-3H3,(H,25,28)/b17-13+. The van der Waals surface area contributed by atoms with Gasteiger partial charge in [0.05, 0.1) is 0 Å². The zero-order valence-electron chi connectivity index (χ0n) is 16.7. The van der Waals surface area contributed by atoms with Gasteiger partial charge in [0.2, 0.25) is 5.88 Å². The fourth-order valence-electron chi connectivity index (χ4n) is 2.85. The fraction of sp³-hybridized carbons (Fsp3) is 0.130. The van der Waals surface area contributed by atoms with Crippen LogP contribution < -0.4 is 15.6 Å². The minimum atomic E-state index is -0.618. The number of pyridine rings is 1. The Labute approximate surface area is 173 Å². The molecule has 7 nitrogen and oxygen atoms in total. The van der Waals surface area contributed by atoms with Crippen molar-refractivity contribution in [2.45, 2.75) is 13.8 Å². The van der Waals surface area contributed by atoms with Crippen molar-refractivity contribution in [3.63, 3.8) is 0 Å². The molecule has 7 heteroatoms. The van der Waals surface area contributed by atoms with Gasteiger partial charge in [-0.05, 0) is 43.7 Å². The summed E-state index contributed by atoms with van der Waals surface area (Å²) in [6.45, 7) is 7.57. The summed E-state index contributed by atoms with van der Waals surface area (Å²) in [4.78, 5) is 29.8. The van der Waals surface area contributed by atoms with E-state index in [1.807, 2.05) is 32.0 Å². The van der Waals surface area contributed by atoms with Gasteiger partial charge in [-0.1, -0.05) is 29.8 Å². The van der Waals surface area contributed by atoms with Gasteiger partial charge in [-0.25, -0.2) is 0 Å². The van der Waals surface area contributed by atoms with Crippen molar-refractivity contribution < 1.29 is 9.53 Å². The maximum atomic E-state index is 13.1. The summed E-state index contributed by atoms with van der Waals surface area (Å²) in [5.74, 6) is -0.0769. The van der Waals surface area contributed by atoms with Crippen LogP contribution in [0.1, 0.15) is 16.7 Å². The SMILES string of the molecule is C=CCNC(=O)/C(C#N)=C/c1c(Oc2ccc(C)cc2C)nc2ccccn2c1=O. The first-order valence-corrected chi connectivity index (χ1v) is 9.22. The predicted molar refractivity (Wildman–Crippen MR) is 114 cm³/mol. The Kier molecular flexibility index (Phi) is 6.08. The molecule has 1 aromatic carbocycles. The van der Waals surface area contributed by atoms with Crippen molar-refractivity contribution in [3.8, 4) is 17.7 Å². The number of nitriles is 1. The van der Waals surface area contributed by atoms with Crippen LogP contribution in [-0.2, 0) is 4.79 Å². The highest BCUT2D eigenvalue weighted by molar-refractivity contribution is 6.02. The molecule has 0 saturated carbocycles. The molecular weight excluding hydrogens is 380 g/mol. The number of hydrogen-bond acceptors (Lipinski definition) is 5. The number of amides is 1. The third kappa shape index (κ3) is 4.28. The van der Waals surface area contributed by atoms with E-state index in [0.29, 0.717) is 11.4 Å². The molecule has 2 aromatic heterocycles. The zero-order valence-corrected chi connectivity index (χ0v) is 16.7. The fourth-order valence-corrected chi connectivity index (χ4v) is 2.85. The lowest BCUT2D eigenvalue weighted by Crippen LogP contribution is -2.25. The summed E-state index contributed by atoms with van der Waals surface area (Å²) >= 11 is 0. The first-order valence-electron chi connectivity index (χ1n) is 9.22. The van der Waals surface area contributed by atoms with Crippen molar-refractivity contribution in [2.24, 2.45) is 0 Å². The molecular formula is C23H20N4O3. The summed E-state index contributed by atoms with van der Waals surface area (Å²) in [5.41, 5.74) is 1.63. The third-order valence-electron chi connectivity index (χ3n) is 4.33. The number of nitrogens with zero attached hydrogens (tertiary/aromatic N) is 3. The van der Waals surface area contributed by atoms with Crippen molar-refractivity contribution in [2.75, 3.05) is 6.54 Å². The number of carbonyl (C=O) groups is 1. The van der Waals surface area contributed by atoms with Gasteiger partial charge >= 0.3 is 0 Å². The van der Waals surface area contributed by atoms with E-state index in [0.717, 1.165) is 11.1 Å². The summed E-state index contributed by atoms with van der Waals surface area (Å²) in [5, 5.41) is 12.0. The number of aromatic nitrogens is 2. The van der Waals surface area contributed by atoms with Gasteiger partial charge in [0, 0.05) is 12.7 Å². The lowest BCUT2D eigenvalue weighted by molar-refractivity contribution is -0.116. The molecule has 0 spiro atoms. The minimum absolute atomic E-state index is 0.00368. The molecule has 0 bridgehead atoms. The molecule has 0 atom stereocenters. The highest BCUT2D eigenvalue weighted by atomic mass is 16.5. The number of fused-ring (bicyclic) bond motifs is 1. The van der Waals surface area contributed by atoms with E-state index in [9.17, 15) is 14.9 Å². The van der Waals surface area contributed by atoms with E-state index in [1.54, 1.807) is 30.5 Å². The molecule has 0 aliphatic rings. The van der Waals surface area contributed by atoms with Crippen molar-refractivity contribution in [1.82, 2.24) is 14.7 Å². The van der Waals surface area contributed by atoms with E-state index >= 15 is 0 Å². The Balaban J connectivity index is 2.19. The number of benzene rings is 1. The Morgan fingerprint density at radius 3 is 2.83 bits per heavy atom. The molecule has 3 aromatic rings. The molecule has 0 aliphatic carbocycles. The van der Waals surface area contributed by atoms with Crippen LogP contribution in [0.2, 0.25) is 0 Å². The maximum absolute atomic E-state index is 13.1. The van der Waals surface area contributed by atoms with Gasteiger partial charge in [-0.15, -0.1) is 6.58 Å². The largest absolute Gasteiger partial charge is 0.438 e. The van der Waals surface area contributed by atoms with E-state index in [1.165, 1.54) is 16.6 Å². The number of nitrogens with one attached hydrogen (secondary N) is 1. The summed E-state index contributed by atoms with van der Waals surface area (Å²) in [6, 6.07) is 12.6. The Morgan fingerprint density at radius 1 is 1.33 bits per heavy atom. The maximum Gasteiger partial charge on any atom is 0.269 e. The normalized spacial score (nSPS) is 11.0. The third-order valence-corrected chi connectivity index (χ3v) is 4.33. The molecule has 0 unspecified atom stereocenters. The van der Waals surface area contributed by atoms with E-state index < -0.39 is 11.5 Å². The van der Waals surface area contributed by atoms with Gasteiger partial charge in [0.1, 0.15) is 28.6 Å². The monoisotopic (exact) mass is 400 g/mol. The van der Waals surface area contributed by atoms with Gasteiger partial charge < -0.3 is 10.1 Å². The van der Waals surface area contributed by atoms with Crippen LogP contribution in [0, 0.1) is 25.2 Å². The molecule has 0 saturated heterocycles. The van der Waals surface area contributed by atoms with Gasteiger partial charge in [0.25, 0.3) is 11.5 Å². The molecule has 0 radical (unpaired) electrons. The van der Waals surface area contributed by atoms with Crippen molar-refractivity contribution in [1.29, 1.82) is 5.26 Å². The van der Waals surface area contributed by atoms with Gasteiger partial charge in [0.15, 0.2) is 0 Å². The Hall–Kier alpha value is -4.18. The van der Waals surface area contributed by atoms with Crippen LogP contribution >= 0.6 is 0 Å². The molecule has 0 fully saturated rings. The van der Waals surface area contributed by atoms with Crippen LogP contribution in [0.3, 0.4) is 0 Å². The first kappa shape index (κ1) is 20.6. The van der Waals surface area contributed by atoms with Gasteiger partial charge in [-0.3, -0.25) is 14.0 Å². The molecule has 3 rings (SSSR count). The molecule has 150 valence electrons. The number of carbonyl (C=O) groups excluding carboxylic acids is 1. The topological polar surface area (TPSA) is 96.5 Å². The summed E-state index contributed by atoms with van der Waals surface area (Å²) in [7, 11) is 0. The van der Waals surface area contributed by atoms with Crippen molar-refractivity contribution in [3.05, 3.63) is 87.9 Å². The second kappa shape index (κ2) is 8.88. The molecule has 2 heterocycles. The Bertz CT molecular complexity index is 1270. The van der Waals surface area contributed by atoms with Crippen LogP contribution in [0.5, 0.6) is 11.6 Å². The van der Waals surface area contributed by atoms with Crippen LogP contribution in [-0.4, -0.2) is 21.8 Å². The quantitative estimate of drug-likeness (QED) is 0.389. The lowest BCUT2D eigenvalue weighted by atomic mass is 10.1. The summed E-state index contributed by atoms with van der Waals surface area (Å²) in [6.07, 6.45) is 4.26.